The Morgan fingerprint density at radius 2 is 2.00 bits per heavy atom. The molecule has 1 amide bonds. The number of aliphatic carboxylic acids is 1. The van der Waals surface area contributed by atoms with Crippen molar-refractivity contribution in [3.63, 3.8) is 0 Å². The van der Waals surface area contributed by atoms with E-state index in [1.165, 1.54) is 0 Å². The molecule has 0 radical (unpaired) electrons. The number of primary amides is 1. The van der Waals surface area contributed by atoms with Gasteiger partial charge in [0.25, 0.3) is 0 Å². The summed E-state index contributed by atoms with van der Waals surface area (Å²) in [7, 11) is 0. The van der Waals surface area contributed by atoms with E-state index in [-0.39, 0.29) is 6.54 Å². The molecule has 0 rings (SSSR count). The molecule has 0 heterocycles. The Labute approximate surface area is 77.3 Å². The van der Waals surface area contributed by atoms with Crippen LogP contribution < -0.4 is 11.1 Å². The predicted molar refractivity (Wildman–Crippen MR) is 48.1 cm³/mol. The number of carboxylic acids is 1. The summed E-state index contributed by atoms with van der Waals surface area (Å²) in [4.78, 5) is 21.0. The van der Waals surface area contributed by atoms with Crippen molar-refractivity contribution >= 4 is 11.9 Å². The maximum absolute atomic E-state index is 10.8. The lowest BCUT2D eigenvalue weighted by Crippen LogP contribution is -2.44. The Bertz CT molecular complexity index is 192. The van der Waals surface area contributed by atoms with E-state index in [1.807, 2.05) is 13.8 Å². The maximum Gasteiger partial charge on any atom is 0.317 e. The van der Waals surface area contributed by atoms with Crippen molar-refractivity contribution in [3.8, 4) is 0 Å². The van der Waals surface area contributed by atoms with E-state index in [0.717, 1.165) is 0 Å². The first-order valence-electron chi connectivity index (χ1n) is 4.18. The van der Waals surface area contributed by atoms with Crippen LogP contribution in [-0.4, -0.2) is 29.6 Å². The van der Waals surface area contributed by atoms with Crippen molar-refractivity contribution in [2.45, 2.75) is 26.3 Å². The minimum absolute atomic E-state index is 0.236. The fourth-order valence-corrected chi connectivity index (χ4v) is 0.982. The van der Waals surface area contributed by atoms with Gasteiger partial charge in [0.2, 0.25) is 5.91 Å². The first-order chi connectivity index (χ1) is 5.93. The van der Waals surface area contributed by atoms with E-state index in [0.29, 0.717) is 12.3 Å². The summed E-state index contributed by atoms with van der Waals surface area (Å²) in [5.74, 6) is -1.19. The molecule has 0 unspecified atom stereocenters. The summed E-state index contributed by atoms with van der Waals surface area (Å²) >= 11 is 0. The summed E-state index contributed by atoms with van der Waals surface area (Å²) in [5, 5.41) is 10.9. The predicted octanol–water partition coefficient (Wildman–Crippen LogP) is -0.439. The molecule has 0 spiro atoms. The number of carbonyl (C=O) groups excluding carboxylic acids is 1. The SMILES string of the molecule is CC(C)C[C@H](NCC(=O)O)C(N)=O. The standard InChI is InChI=1S/C8H16N2O3/c1-5(2)3-6(8(9)13)10-4-7(11)12/h5-6,10H,3-4H2,1-2H3,(H2,9,13)(H,11,12)/t6-/m0/s1. The number of nitrogens with two attached hydrogens (primary N) is 1. The van der Waals surface area contributed by atoms with E-state index >= 15 is 0 Å². The number of carbonyl (C=O) groups is 2. The summed E-state index contributed by atoms with van der Waals surface area (Å²) in [6, 6.07) is -0.545. The molecule has 0 saturated carbocycles. The van der Waals surface area contributed by atoms with Crippen LogP contribution >= 0.6 is 0 Å². The number of hydrogen-bond donors (Lipinski definition) is 3. The largest absolute Gasteiger partial charge is 0.480 e. The zero-order chi connectivity index (χ0) is 10.4. The third-order valence-corrected chi connectivity index (χ3v) is 1.55. The highest BCUT2D eigenvalue weighted by atomic mass is 16.4. The molecule has 13 heavy (non-hydrogen) atoms. The summed E-state index contributed by atoms with van der Waals surface area (Å²) in [6.07, 6.45) is 0.558. The monoisotopic (exact) mass is 188 g/mol. The number of hydrogen-bond acceptors (Lipinski definition) is 3. The second kappa shape index (κ2) is 5.53. The van der Waals surface area contributed by atoms with Gasteiger partial charge < -0.3 is 10.8 Å². The van der Waals surface area contributed by atoms with Crippen LogP contribution in [-0.2, 0) is 9.59 Å². The molecule has 0 aliphatic carbocycles. The Morgan fingerprint density at radius 1 is 1.46 bits per heavy atom. The topological polar surface area (TPSA) is 92.4 Å². The molecule has 0 aliphatic rings. The van der Waals surface area contributed by atoms with E-state index < -0.39 is 17.9 Å². The fraction of sp³-hybridized carbons (Fsp3) is 0.750. The van der Waals surface area contributed by atoms with Crippen molar-refractivity contribution in [2.75, 3.05) is 6.54 Å². The van der Waals surface area contributed by atoms with Crippen LogP contribution in [0.2, 0.25) is 0 Å². The Balaban J connectivity index is 3.95. The van der Waals surface area contributed by atoms with Gasteiger partial charge in [-0.3, -0.25) is 14.9 Å². The molecule has 0 aromatic carbocycles. The zero-order valence-electron chi connectivity index (χ0n) is 7.91. The van der Waals surface area contributed by atoms with Crippen LogP contribution in [0.15, 0.2) is 0 Å². The van der Waals surface area contributed by atoms with E-state index in [4.69, 9.17) is 10.8 Å². The Morgan fingerprint density at radius 3 is 2.31 bits per heavy atom. The van der Waals surface area contributed by atoms with Gasteiger partial charge in [-0.25, -0.2) is 0 Å². The summed E-state index contributed by atoms with van der Waals surface area (Å²) in [6.45, 7) is 3.65. The molecule has 5 nitrogen and oxygen atoms in total. The highest BCUT2D eigenvalue weighted by Gasteiger charge is 2.16. The van der Waals surface area contributed by atoms with Crippen molar-refractivity contribution in [3.05, 3.63) is 0 Å². The molecular weight excluding hydrogens is 172 g/mol. The third-order valence-electron chi connectivity index (χ3n) is 1.55. The van der Waals surface area contributed by atoms with E-state index in [1.54, 1.807) is 0 Å². The minimum atomic E-state index is -0.991. The molecular formula is C8H16N2O3. The number of carboxylic acid groups (broad SMARTS) is 1. The molecule has 0 aromatic heterocycles. The average molecular weight is 188 g/mol. The third kappa shape index (κ3) is 6.10. The molecule has 4 N–H and O–H groups in total. The van der Waals surface area contributed by atoms with Crippen LogP contribution in [0.5, 0.6) is 0 Å². The van der Waals surface area contributed by atoms with Gasteiger partial charge >= 0.3 is 5.97 Å². The highest BCUT2D eigenvalue weighted by molar-refractivity contribution is 5.80. The van der Waals surface area contributed by atoms with Crippen molar-refractivity contribution in [1.29, 1.82) is 0 Å². The maximum atomic E-state index is 10.8. The Hall–Kier alpha value is -1.10. The molecule has 5 heteroatoms. The van der Waals surface area contributed by atoms with E-state index in [9.17, 15) is 9.59 Å². The second-order valence-electron chi connectivity index (χ2n) is 3.36. The van der Waals surface area contributed by atoms with Crippen LogP contribution in [0.25, 0.3) is 0 Å². The van der Waals surface area contributed by atoms with Crippen LogP contribution in [0.3, 0.4) is 0 Å². The Kier molecular flexibility index (Phi) is 5.06. The molecule has 76 valence electrons. The van der Waals surface area contributed by atoms with Crippen LogP contribution in [0, 0.1) is 5.92 Å². The van der Waals surface area contributed by atoms with Gasteiger partial charge in [-0.15, -0.1) is 0 Å². The van der Waals surface area contributed by atoms with Gasteiger partial charge in [-0.2, -0.15) is 0 Å². The zero-order valence-corrected chi connectivity index (χ0v) is 7.91. The van der Waals surface area contributed by atoms with Gasteiger partial charge in [0, 0.05) is 0 Å². The molecule has 1 atom stereocenters. The first-order valence-corrected chi connectivity index (χ1v) is 4.18. The molecule has 0 saturated heterocycles. The van der Waals surface area contributed by atoms with Gasteiger partial charge in [-0.1, -0.05) is 13.8 Å². The number of nitrogens with one attached hydrogen (secondary N) is 1. The lowest BCUT2D eigenvalue weighted by atomic mass is 10.0. The highest BCUT2D eigenvalue weighted by Crippen LogP contribution is 2.03. The average Bonchev–Trinajstić information content (AvgIpc) is 1.96. The van der Waals surface area contributed by atoms with Gasteiger partial charge in [0.1, 0.15) is 0 Å². The number of rotatable bonds is 6. The smallest absolute Gasteiger partial charge is 0.317 e. The van der Waals surface area contributed by atoms with Gasteiger partial charge in [-0.05, 0) is 12.3 Å². The van der Waals surface area contributed by atoms with Gasteiger partial charge in [0.15, 0.2) is 0 Å². The quantitative estimate of drug-likeness (QED) is 0.527. The molecule has 0 bridgehead atoms. The molecule has 0 aliphatic heterocycles. The van der Waals surface area contributed by atoms with Crippen molar-refractivity contribution in [2.24, 2.45) is 11.7 Å². The van der Waals surface area contributed by atoms with Crippen LogP contribution in [0.4, 0.5) is 0 Å². The van der Waals surface area contributed by atoms with Crippen LogP contribution in [0.1, 0.15) is 20.3 Å². The number of amides is 1. The lowest BCUT2D eigenvalue weighted by Gasteiger charge is -2.15. The van der Waals surface area contributed by atoms with E-state index in [2.05, 4.69) is 5.32 Å². The van der Waals surface area contributed by atoms with Gasteiger partial charge in [0.05, 0.1) is 12.6 Å². The second-order valence-corrected chi connectivity index (χ2v) is 3.36. The molecule has 0 aromatic rings. The normalized spacial score (nSPS) is 12.8. The fourth-order valence-electron chi connectivity index (χ4n) is 0.982. The minimum Gasteiger partial charge on any atom is -0.480 e. The summed E-state index contributed by atoms with van der Waals surface area (Å²) in [5.41, 5.74) is 5.08. The molecule has 0 fully saturated rings. The van der Waals surface area contributed by atoms with Crippen molar-refractivity contribution < 1.29 is 14.7 Å². The lowest BCUT2D eigenvalue weighted by molar-refractivity contribution is -0.136. The summed E-state index contributed by atoms with van der Waals surface area (Å²) < 4.78 is 0. The van der Waals surface area contributed by atoms with Crippen molar-refractivity contribution in [1.82, 2.24) is 5.32 Å². The first kappa shape index (κ1) is 11.9.